The van der Waals surface area contributed by atoms with Crippen molar-refractivity contribution in [3.05, 3.63) is 108 Å². The minimum Gasteiger partial charge on any atom is -0.494 e. The third kappa shape index (κ3) is 4.90. The van der Waals surface area contributed by atoms with Gasteiger partial charge in [0.25, 0.3) is 5.91 Å². The number of likely N-dealkylation sites (tertiary alicyclic amines) is 1. The first-order valence-electron chi connectivity index (χ1n) is 14.7. The third-order valence-electron chi connectivity index (χ3n) is 8.91. The van der Waals surface area contributed by atoms with E-state index in [1.165, 1.54) is 6.42 Å². The highest BCUT2D eigenvalue weighted by molar-refractivity contribution is 6.11. The molecule has 1 amide bonds. The van der Waals surface area contributed by atoms with Crippen LogP contribution in [0, 0.1) is 6.92 Å². The van der Waals surface area contributed by atoms with E-state index in [1.54, 1.807) is 0 Å². The second-order valence-electron chi connectivity index (χ2n) is 11.7. The van der Waals surface area contributed by atoms with Crippen molar-refractivity contribution in [3.8, 4) is 22.7 Å². The van der Waals surface area contributed by atoms with Crippen LogP contribution in [0.15, 0.2) is 91.3 Å². The maximum atomic E-state index is 13.8. The summed E-state index contributed by atoms with van der Waals surface area (Å²) in [6.45, 7) is 3.11. The highest BCUT2D eigenvalue weighted by Crippen LogP contribution is 2.49. The fraction of sp³-hybridized carbons (Fsp3) is 0.265. The van der Waals surface area contributed by atoms with Crippen molar-refractivity contribution in [3.63, 3.8) is 0 Å². The Morgan fingerprint density at radius 3 is 2.64 bits per heavy atom. The number of ether oxygens (including phenoxy) is 1. The van der Waals surface area contributed by atoms with E-state index in [0.717, 1.165) is 74.4 Å². The van der Waals surface area contributed by atoms with Crippen LogP contribution in [0.2, 0.25) is 0 Å². The van der Waals surface area contributed by atoms with Crippen molar-refractivity contribution in [2.24, 2.45) is 0 Å². The Morgan fingerprint density at radius 2 is 1.90 bits per heavy atom. The third-order valence-corrected chi connectivity index (χ3v) is 9.91. The van der Waals surface area contributed by atoms with Gasteiger partial charge < -0.3 is 15.0 Å². The maximum Gasteiger partial charge on any atom is 0.252 e. The second kappa shape index (κ2) is 10.5. The van der Waals surface area contributed by atoms with Crippen LogP contribution in [0.1, 0.15) is 40.7 Å². The number of nitrogens with zero attached hydrogens (tertiary/aromatic N) is 4. The SMILES string of the molecule is Cc1ccc(OC([SiH3])[C@@H]2CCN2C)cc1C(=O)NC1(c2cc(-c3ccn(-c4ccccc4)n3)cc3ncccc23)CC1. The summed E-state index contributed by atoms with van der Waals surface area (Å²) in [5.74, 6) is 0.693. The molecule has 3 aromatic carbocycles. The topological polar surface area (TPSA) is 72.3 Å². The van der Waals surface area contributed by atoms with Gasteiger partial charge in [-0.25, -0.2) is 4.68 Å². The summed E-state index contributed by atoms with van der Waals surface area (Å²) < 4.78 is 8.23. The minimum atomic E-state index is -0.450. The molecule has 1 saturated heterocycles. The number of rotatable bonds is 8. The Labute approximate surface area is 249 Å². The van der Waals surface area contributed by atoms with Crippen LogP contribution in [-0.4, -0.2) is 61.2 Å². The quantitative estimate of drug-likeness (QED) is 0.275. The molecule has 0 radical (unpaired) electrons. The van der Waals surface area contributed by atoms with Crippen LogP contribution in [-0.2, 0) is 5.54 Å². The zero-order valence-corrected chi connectivity index (χ0v) is 26.2. The number of hydrogen-bond donors (Lipinski definition) is 1. The summed E-state index contributed by atoms with van der Waals surface area (Å²) in [6.07, 6.45) is 6.70. The Hall–Kier alpha value is -4.27. The van der Waals surface area contributed by atoms with Gasteiger partial charge in [-0.3, -0.25) is 9.78 Å². The number of amides is 1. The van der Waals surface area contributed by atoms with Crippen LogP contribution >= 0.6 is 0 Å². The van der Waals surface area contributed by atoms with Gasteiger partial charge in [-0.15, -0.1) is 0 Å². The molecule has 2 aromatic heterocycles. The molecule has 5 aromatic rings. The molecule has 0 bridgehead atoms. The lowest BCUT2D eigenvalue weighted by atomic mass is 9.95. The number of para-hydroxylation sites is 1. The summed E-state index contributed by atoms with van der Waals surface area (Å²) in [6, 6.07) is 26.8. The standard InChI is InChI=1S/C34H35N5O2Si/c1-22-10-11-25(41-33(42)31-13-17-38(31)2)21-27(22)32(40)36-34(14-15-34)28-19-23(20-30-26(28)9-6-16-35-30)29-12-18-39(37-29)24-7-4-3-5-8-24/h3-12,16,18-21,31,33H,13-15,17H2,1-2,42H3,(H,36,40)/t31-,33?/m0/s1. The number of fused-ring (bicyclic) bond motifs is 1. The zero-order valence-electron chi connectivity index (χ0n) is 24.2. The first-order chi connectivity index (χ1) is 20.4. The van der Waals surface area contributed by atoms with E-state index in [0.29, 0.717) is 11.6 Å². The number of hydrogen-bond acceptors (Lipinski definition) is 5. The molecule has 1 aliphatic heterocycles. The molecule has 212 valence electrons. The van der Waals surface area contributed by atoms with Gasteiger partial charge in [0.15, 0.2) is 0 Å². The van der Waals surface area contributed by atoms with Crippen molar-refractivity contribution >= 4 is 27.1 Å². The molecule has 1 saturated carbocycles. The van der Waals surface area contributed by atoms with Crippen molar-refractivity contribution in [1.29, 1.82) is 0 Å². The van der Waals surface area contributed by atoms with Gasteiger partial charge in [0, 0.05) is 34.9 Å². The highest BCUT2D eigenvalue weighted by atomic mass is 28.1. The molecule has 0 spiro atoms. The second-order valence-corrected chi connectivity index (χ2v) is 12.9. The van der Waals surface area contributed by atoms with Gasteiger partial charge >= 0.3 is 0 Å². The van der Waals surface area contributed by atoms with Gasteiger partial charge in [0.1, 0.15) is 5.75 Å². The van der Waals surface area contributed by atoms with Crippen LogP contribution in [0.25, 0.3) is 27.8 Å². The number of carbonyl (C=O) groups excluding carboxylic acids is 1. The summed E-state index contributed by atoms with van der Waals surface area (Å²) in [4.78, 5) is 20.9. The van der Waals surface area contributed by atoms with Crippen LogP contribution in [0.3, 0.4) is 0 Å². The first kappa shape index (κ1) is 26.6. The number of nitrogens with one attached hydrogen (secondary N) is 1. The molecular formula is C34H35N5O2Si. The van der Waals surface area contributed by atoms with E-state index < -0.39 is 5.54 Å². The molecule has 7 nitrogen and oxygen atoms in total. The molecule has 1 unspecified atom stereocenters. The molecular weight excluding hydrogens is 538 g/mol. The van der Waals surface area contributed by atoms with Gasteiger partial charge in [-0.05, 0) is 99.4 Å². The predicted octanol–water partition coefficient (Wildman–Crippen LogP) is 4.59. The Bertz CT molecular complexity index is 1780. The van der Waals surface area contributed by atoms with Crippen LogP contribution in [0.4, 0.5) is 0 Å². The largest absolute Gasteiger partial charge is 0.494 e. The summed E-state index contributed by atoms with van der Waals surface area (Å²) in [5.41, 5.74) is 6.18. The van der Waals surface area contributed by atoms with E-state index in [2.05, 4.69) is 35.5 Å². The number of carbonyl (C=O) groups is 1. The van der Waals surface area contributed by atoms with Gasteiger partial charge in [-0.2, -0.15) is 5.10 Å². The lowest BCUT2D eigenvalue weighted by molar-refractivity contribution is 0.0562. The van der Waals surface area contributed by atoms with E-state index in [9.17, 15) is 4.79 Å². The molecule has 8 heteroatoms. The summed E-state index contributed by atoms with van der Waals surface area (Å²) in [7, 11) is 3.08. The first-order valence-corrected chi connectivity index (χ1v) is 15.9. The van der Waals surface area contributed by atoms with E-state index in [1.807, 2.05) is 84.7 Å². The van der Waals surface area contributed by atoms with Crippen molar-refractivity contribution in [2.45, 2.75) is 43.5 Å². The Balaban J connectivity index is 1.19. The molecule has 1 aliphatic carbocycles. The fourth-order valence-corrected chi connectivity index (χ4v) is 7.26. The predicted molar refractivity (Wildman–Crippen MR) is 169 cm³/mol. The lowest BCUT2D eigenvalue weighted by Gasteiger charge is -2.41. The summed E-state index contributed by atoms with van der Waals surface area (Å²) in [5, 5.41) is 9.35. The van der Waals surface area contributed by atoms with Gasteiger partial charge in [0.05, 0.1) is 38.4 Å². The molecule has 42 heavy (non-hydrogen) atoms. The Morgan fingerprint density at radius 1 is 1.07 bits per heavy atom. The summed E-state index contributed by atoms with van der Waals surface area (Å²) >= 11 is 0. The smallest absolute Gasteiger partial charge is 0.252 e. The highest BCUT2D eigenvalue weighted by Gasteiger charge is 2.47. The maximum absolute atomic E-state index is 13.8. The van der Waals surface area contributed by atoms with E-state index in [-0.39, 0.29) is 11.6 Å². The average molecular weight is 574 g/mol. The molecule has 2 aliphatic rings. The molecule has 2 atom stereocenters. The normalized spacial score (nSPS) is 18.4. The van der Waals surface area contributed by atoms with Crippen LogP contribution in [0.5, 0.6) is 5.75 Å². The fourth-order valence-electron chi connectivity index (χ4n) is 6.14. The van der Waals surface area contributed by atoms with Crippen molar-refractivity contribution < 1.29 is 9.53 Å². The molecule has 2 fully saturated rings. The monoisotopic (exact) mass is 573 g/mol. The molecule has 1 N–H and O–H groups in total. The van der Waals surface area contributed by atoms with E-state index >= 15 is 0 Å². The van der Waals surface area contributed by atoms with Gasteiger partial charge in [-0.1, -0.05) is 30.3 Å². The van der Waals surface area contributed by atoms with Gasteiger partial charge in [0.2, 0.25) is 0 Å². The lowest BCUT2D eigenvalue weighted by Crippen LogP contribution is -2.53. The molecule has 3 heterocycles. The van der Waals surface area contributed by atoms with E-state index in [4.69, 9.17) is 14.8 Å². The number of aryl methyl sites for hydroxylation is 1. The average Bonchev–Trinajstić information content (AvgIpc) is 3.60. The molecule has 7 rings (SSSR count). The number of pyridine rings is 1. The number of benzene rings is 3. The van der Waals surface area contributed by atoms with Crippen LogP contribution < -0.4 is 10.1 Å². The van der Waals surface area contributed by atoms with Crippen molar-refractivity contribution in [1.82, 2.24) is 25.0 Å². The zero-order chi connectivity index (χ0) is 28.8. The minimum absolute atomic E-state index is 0.0723. The number of aromatic nitrogens is 3. The Kier molecular flexibility index (Phi) is 6.67. The van der Waals surface area contributed by atoms with Crippen molar-refractivity contribution in [2.75, 3.05) is 13.6 Å². The number of likely N-dealkylation sites (N-methyl/N-ethyl adjacent to an activating group) is 1.